The Kier molecular flexibility index (Phi) is 7.81. The van der Waals surface area contributed by atoms with Gasteiger partial charge in [0, 0.05) is 7.11 Å². The van der Waals surface area contributed by atoms with E-state index in [1.165, 1.54) is 14.2 Å². The third-order valence-corrected chi connectivity index (χ3v) is 3.70. The van der Waals surface area contributed by atoms with Crippen molar-refractivity contribution in [1.29, 1.82) is 0 Å². The first-order chi connectivity index (χ1) is 11.0. The molecule has 1 N–H and O–H groups in total. The van der Waals surface area contributed by atoms with E-state index in [1.807, 2.05) is 12.1 Å². The number of esters is 1. The molecule has 0 aliphatic heterocycles. The lowest BCUT2D eigenvalue weighted by atomic mass is 10.0. The zero-order chi connectivity index (χ0) is 17.4. The molecule has 1 aromatic rings. The number of halogens is 1. The van der Waals surface area contributed by atoms with Crippen molar-refractivity contribution in [3.63, 3.8) is 0 Å². The number of aliphatic hydroxyl groups is 1. The summed E-state index contributed by atoms with van der Waals surface area (Å²) in [7, 11) is 4.33. The molecule has 5 nitrogen and oxygen atoms in total. The molecule has 0 amide bonds. The van der Waals surface area contributed by atoms with Crippen molar-refractivity contribution < 1.29 is 24.1 Å². The molecule has 0 saturated carbocycles. The second-order valence-electron chi connectivity index (χ2n) is 4.72. The maximum Gasteiger partial charge on any atom is 0.336 e. The number of hydrogen-bond donors (Lipinski definition) is 1. The Hall–Kier alpha value is -1.82. The molecule has 0 aromatic heterocycles. The molecule has 0 aliphatic rings. The van der Waals surface area contributed by atoms with E-state index in [0.717, 1.165) is 5.56 Å². The standard InChI is InChI=1S/C17H21ClO5/c1-11(13(10-19)17(20)23-4)15(21-2)8-6-12-5-7-14(18)16(9-12)22-3/h5-9,15,19H,10H2,1-4H3/b8-6+,13-11-/t15-/m0/s1. The molecule has 0 unspecified atom stereocenters. The first kappa shape index (κ1) is 19.2. The maximum atomic E-state index is 11.6. The van der Waals surface area contributed by atoms with Gasteiger partial charge in [-0.2, -0.15) is 0 Å². The Labute approximate surface area is 141 Å². The van der Waals surface area contributed by atoms with Gasteiger partial charge < -0.3 is 19.3 Å². The van der Waals surface area contributed by atoms with Crippen LogP contribution in [-0.2, 0) is 14.3 Å². The number of ether oxygens (including phenoxy) is 3. The van der Waals surface area contributed by atoms with E-state index in [4.69, 9.17) is 21.1 Å². The molecule has 0 heterocycles. The molecule has 1 atom stereocenters. The van der Waals surface area contributed by atoms with Crippen LogP contribution in [0.5, 0.6) is 5.75 Å². The van der Waals surface area contributed by atoms with Crippen LogP contribution in [0.25, 0.3) is 6.08 Å². The van der Waals surface area contributed by atoms with Crippen LogP contribution < -0.4 is 4.74 Å². The summed E-state index contributed by atoms with van der Waals surface area (Å²) in [5, 5.41) is 9.88. The van der Waals surface area contributed by atoms with Crippen LogP contribution in [0.3, 0.4) is 0 Å². The Morgan fingerprint density at radius 1 is 1.35 bits per heavy atom. The minimum atomic E-state index is -0.575. The van der Waals surface area contributed by atoms with Gasteiger partial charge in [-0.25, -0.2) is 4.79 Å². The summed E-state index contributed by atoms with van der Waals surface area (Å²) >= 11 is 5.99. The summed E-state index contributed by atoms with van der Waals surface area (Å²) < 4.78 is 15.2. The lowest BCUT2D eigenvalue weighted by Gasteiger charge is -2.15. The number of rotatable bonds is 7. The summed E-state index contributed by atoms with van der Waals surface area (Å²) in [4.78, 5) is 11.6. The van der Waals surface area contributed by atoms with Gasteiger partial charge in [-0.1, -0.05) is 29.8 Å². The summed E-state index contributed by atoms with van der Waals surface area (Å²) in [6, 6.07) is 5.36. The van der Waals surface area contributed by atoms with Crippen LogP contribution >= 0.6 is 11.6 Å². The lowest BCUT2D eigenvalue weighted by Crippen LogP contribution is -2.18. The molecule has 126 valence electrons. The zero-order valence-corrected chi connectivity index (χ0v) is 14.4. The fourth-order valence-corrected chi connectivity index (χ4v) is 2.22. The van der Waals surface area contributed by atoms with Crippen molar-refractivity contribution >= 4 is 23.6 Å². The Bertz CT molecular complexity index is 607. The smallest absolute Gasteiger partial charge is 0.336 e. The molecule has 0 fully saturated rings. The third kappa shape index (κ3) is 5.10. The number of methoxy groups -OCH3 is 3. The monoisotopic (exact) mass is 340 g/mol. The van der Waals surface area contributed by atoms with E-state index in [9.17, 15) is 9.90 Å². The van der Waals surface area contributed by atoms with Crippen LogP contribution in [0.1, 0.15) is 12.5 Å². The van der Waals surface area contributed by atoms with Crippen molar-refractivity contribution in [2.75, 3.05) is 27.9 Å². The highest BCUT2D eigenvalue weighted by Crippen LogP contribution is 2.26. The summed E-state index contributed by atoms with van der Waals surface area (Å²) in [5.74, 6) is -0.00531. The average Bonchev–Trinajstić information content (AvgIpc) is 2.57. The zero-order valence-electron chi connectivity index (χ0n) is 13.6. The molecule has 0 spiro atoms. The van der Waals surface area contributed by atoms with Gasteiger partial charge in [-0.15, -0.1) is 0 Å². The Balaban J connectivity index is 3.07. The fourth-order valence-electron chi connectivity index (χ4n) is 2.02. The minimum Gasteiger partial charge on any atom is -0.495 e. The SMILES string of the molecule is COC(=O)/C(CO)=C(/C)[C@H](/C=C/c1ccc(Cl)c(OC)c1)OC. The van der Waals surface area contributed by atoms with Gasteiger partial charge in [0.25, 0.3) is 0 Å². The second kappa shape index (κ2) is 9.35. The average molecular weight is 341 g/mol. The fraction of sp³-hybridized carbons (Fsp3) is 0.353. The van der Waals surface area contributed by atoms with Crippen LogP contribution in [0, 0.1) is 0 Å². The van der Waals surface area contributed by atoms with E-state index in [-0.39, 0.29) is 5.57 Å². The number of carbonyl (C=O) groups is 1. The van der Waals surface area contributed by atoms with Crippen LogP contribution in [0.4, 0.5) is 0 Å². The number of benzene rings is 1. The predicted molar refractivity (Wildman–Crippen MR) is 89.6 cm³/mol. The highest BCUT2D eigenvalue weighted by Gasteiger charge is 2.17. The summed E-state index contributed by atoms with van der Waals surface area (Å²) in [6.07, 6.45) is 3.12. The maximum absolute atomic E-state index is 11.6. The van der Waals surface area contributed by atoms with Crippen molar-refractivity contribution in [1.82, 2.24) is 0 Å². The van der Waals surface area contributed by atoms with Crippen molar-refractivity contribution in [2.24, 2.45) is 0 Å². The van der Waals surface area contributed by atoms with Crippen LogP contribution in [0.2, 0.25) is 5.02 Å². The minimum absolute atomic E-state index is 0.178. The first-order valence-electron chi connectivity index (χ1n) is 6.91. The normalized spacial score (nSPS) is 13.7. The van der Waals surface area contributed by atoms with Gasteiger partial charge in [0.15, 0.2) is 0 Å². The van der Waals surface area contributed by atoms with E-state index < -0.39 is 18.7 Å². The van der Waals surface area contributed by atoms with E-state index in [0.29, 0.717) is 16.3 Å². The van der Waals surface area contributed by atoms with Crippen LogP contribution in [-0.4, -0.2) is 45.1 Å². The van der Waals surface area contributed by atoms with Gasteiger partial charge in [0.1, 0.15) is 5.75 Å². The summed E-state index contributed by atoms with van der Waals surface area (Å²) in [5.41, 5.74) is 1.63. The molecule has 6 heteroatoms. The topological polar surface area (TPSA) is 65.0 Å². The molecular formula is C17H21ClO5. The molecular weight excluding hydrogens is 320 g/mol. The van der Waals surface area contributed by atoms with Gasteiger partial charge in [0.05, 0.1) is 37.5 Å². The number of carbonyl (C=O) groups excluding carboxylic acids is 1. The van der Waals surface area contributed by atoms with E-state index >= 15 is 0 Å². The molecule has 1 aromatic carbocycles. The highest BCUT2D eigenvalue weighted by molar-refractivity contribution is 6.32. The molecule has 0 saturated heterocycles. The molecule has 23 heavy (non-hydrogen) atoms. The third-order valence-electron chi connectivity index (χ3n) is 3.39. The number of aliphatic hydroxyl groups excluding tert-OH is 1. The highest BCUT2D eigenvalue weighted by atomic mass is 35.5. The number of hydrogen-bond acceptors (Lipinski definition) is 5. The van der Waals surface area contributed by atoms with Crippen molar-refractivity contribution in [3.05, 3.63) is 46.0 Å². The second-order valence-corrected chi connectivity index (χ2v) is 5.13. The Morgan fingerprint density at radius 2 is 2.04 bits per heavy atom. The predicted octanol–water partition coefficient (Wildman–Crippen LogP) is 2.86. The van der Waals surface area contributed by atoms with Gasteiger partial charge in [-0.05, 0) is 30.2 Å². The van der Waals surface area contributed by atoms with Gasteiger partial charge >= 0.3 is 5.97 Å². The summed E-state index contributed by atoms with van der Waals surface area (Å²) in [6.45, 7) is 1.30. The van der Waals surface area contributed by atoms with Crippen molar-refractivity contribution in [3.8, 4) is 5.75 Å². The van der Waals surface area contributed by atoms with E-state index in [1.54, 1.807) is 32.2 Å². The molecule has 1 rings (SSSR count). The quantitative estimate of drug-likeness (QED) is 0.610. The van der Waals surface area contributed by atoms with Crippen LogP contribution in [0.15, 0.2) is 35.4 Å². The molecule has 0 aliphatic carbocycles. The van der Waals surface area contributed by atoms with Gasteiger partial charge in [-0.3, -0.25) is 0 Å². The van der Waals surface area contributed by atoms with Crippen molar-refractivity contribution in [2.45, 2.75) is 13.0 Å². The molecule has 0 bridgehead atoms. The lowest BCUT2D eigenvalue weighted by molar-refractivity contribution is -0.136. The molecule has 0 radical (unpaired) electrons. The first-order valence-corrected chi connectivity index (χ1v) is 7.29. The van der Waals surface area contributed by atoms with Gasteiger partial charge in [0.2, 0.25) is 0 Å². The Morgan fingerprint density at radius 3 is 2.57 bits per heavy atom. The largest absolute Gasteiger partial charge is 0.495 e. The van der Waals surface area contributed by atoms with E-state index in [2.05, 4.69) is 4.74 Å².